The third-order valence-corrected chi connectivity index (χ3v) is 12.1. The van der Waals surface area contributed by atoms with Crippen molar-refractivity contribution in [2.24, 2.45) is 0 Å². The Hall–Kier alpha value is -6.59. The lowest BCUT2D eigenvalue weighted by atomic mass is 9.78. The Labute approximate surface area is 351 Å². The third kappa shape index (κ3) is 7.16. The lowest BCUT2D eigenvalue weighted by Crippen LogP contribution is -2.26. The molecule has 294 valence electrons. The van der Waals surface area contributed by atoms with E-state index < -0.39 is 0 Å². The van der Waals surface area contributed by atoms with E-state index in [9.17, 15) is 1.37 Å². The SMILES string of the molecule is [2H]C1=C([2H])N(c2cccc(C(C)(C)c3ccccc3)c2)CN1c1cc(Oc2ccc3c4ccccc4n(-c4cc(C(C)(C)c5ccccc5)ccn4)c3c2)cc(C(C)(C)C)c1. The van der Waals surface area contributed by atoms with E-state index in [2.05, 4.69) is 186 Å². The van der Waals surface area contributed by atoms with Crippen LogP contribution in [0, 0.1) is 0 Å². The van der Waals surface area contributed by atoms with Gasteiger partial charge < -0.3 is 14.5 Å². The molecule has 5 nitrogen and oxygen atoms in total. The molecule has 5 heteroatoms. The van der Waals surface area contributed by atoms with Gasteiger partial charge >= 0.3 is 0 Å². The van der Waals surface area contributed by atoms with E-state index in [-0.39, 0.29) is 28.6 Å². The molecule has 0 atom stereocenters. The standard InChI is InChI=1S/C54H52N4O/c1-52(2,3)42-32-44(57-30-29-56(37-57)43-22-16-21-40(31-43)53(4,5)38-17-10-8-11-18-38)35-46(33-42)59-45-25-26-48-47-23-14-15-24-49(47)58(50(48)36-45)51-34-41(27-28-55-51)54(6,7)39-19-12-9-13-20-39/h8-36H,37H2,1-7H3/i29D,30D. The molecule has 0 fully saturated rings. The fourth-order valence-corrected chi connectivity index (χ4v) is 8.29. The molecular weight excluding hydrogens is 721 g/mol. The van der Waals surface area contributed by atoms with Crippen molar-refractivity contribution in [1.82, 2.24) is 9.55 Å². The van der Waals surface area contributed by atoms with Crippen molar-refractivity contribution in [3.05, 3.63) is 204 Å². The zero-order valence-electron chi connectivity index (χ0n) is 37.0. The molecule has 0 saturated heterocycles. The van der Waals surface area contributed by atoms with Crippen molar-refractivity contribution in [2.45, 2.75) is 64.7 Å². The smallest absolute Gasteiger partial charge is 0.137 e. The molecule has 2 aromatic heterocycles. The summed E-state index contributed by atoms with van der Waals surface area (Å²) in [5.41, 5.74) is 8.94. The maximum atomic E-state index is 9.22. The summed E-state index contributed by atoms with van der Waals surface area (Å²) in [6.45, 7) is 15.9. The van der Waals surface area contributed by atoms with E-state index in [4.69, 9.17) is 11.1 Å². The number of nitrogens with zero attached hydrogens (tertiary/aromatic N) is 4. The summed E-state index contributed by atoms with van der Waals surface area (Å²) in [5, 5.41) is 2.26. The first-order valence-electron chi connectivity index (χ1n) is 21.5. The lowest BCUT2D eigenvalue weighted by Gasteiger charge is -2.28. The molecule has 0 aliphatic carbocycles. The maximum absolute atomic E-state index is 9.22. The molecule has 6 aromatic carbocycles. The summed E-state index contributed by atoms with van der Waals surface area (Å²) >= 11 is 0. The predicted molar refractivity (Wildman–Crippen MR) is 246 cm³/mol. The molecule has 0 spiro atoms. The molecule has 1 aliphatic heterocycles. The van der Waals surface area contributed by atoms with Crippen LogP contribution in [0.15, 0.2) is 176 Å². The second-order valence-corrected chi connectivity index (χ2v) is 17.8. The Bertz CT molecular complexity index is 2940. The molecule has 0 unspecified atom stereocenters. The van der Waals surface area contributed by atoms with Crippen LogP contribution >= 0.6 is 0 Å². The highest BCUT2D eigenvalue weighted by Crippen LogP contribution is 2.40. The van der Waals surface area contributed by atoms with Crippen LogP contribution < -0.4 is 14.5 Å². The number of para-hydroxylation sites is 1. The number of fused-ring (bicyclic) bond motifs is 3. The van der Waals surface area contributed by atoms with Crippen LogP contribution in [0.1, 0.15) is 79.0 Å². The highest BCUT2D eigenvalue weighted by molar-refractivity contribution is 6.09. The van der Waals surface area contributed by atoms with Crippen LogP contribution in [-0.4, -0.2) is 16.2 Å². The van der Waals surface area contributed by atoms with Gasteiger partial charge in [-0.15, -0.1) is 0 Å². The topological polar surface area (TPSA) is 33.5 Å². The van der Waals surface area contributed by atoms with Gasteiger partial charge in [0.05, 0.1) is 20.4 Å². The molecule has 0 bridgehead atoms. The minimum Gasteiger partial charge on any atom is -0.457 e. The van der Waals surface area contributed by atoms with Gasteiger partial charge in [0.15, 0.2) is 0 Å². The summed E-state index contributed by atoms with van der Waals surface area (Å²) in [5.74, 6) is 2.20. The molecule has 0 radical (unpaired) electrons. The minimum atomic E-state index is -0.239. The number of ether oxygens (including phenoxy) is 1. The highest BCUT2D eigenvalue weighted by Gasteiger charge is 2.27. The summed E-state index contributed by atoms with van der Waals surface area (Å²) < 4.78 is 27.4. The van der Waals surface area contributed by atoms with Crippen LogP contribution in [0.3, 0.4) is 0 Å². The molecule has 0 amide bonds. The van der Waals surface area contributed by atoms with Gasteiger partial charge in [0.2, 0.25) is 0 Å². The first kappa shape index (κ1) is 35.6. The zero-order valence-corrected chi connectivity index (χ0v) is 35.0. The van der Waals surface area contributed by atoms with Crippen molar-refractivity contribution in [1.29, 1.82) is 0 Å². The molecule has 0 saturated carbocycles. The number of anilines is 2. The maximum Gasteiger partial charge on any atom is 0.137 e. The summed E-state index contributed by atoms with van der Waals surface area (Å²) in [6, 6.07) is 54.8. The van der Waals surface area contributed by atoms with E-state index in [0.29, 0.717) is 18.2 Å². The molecule has 0 N–H and O–H groups in total. The summed E-state index contributed by atoms with van der Waals surface area (Å²) in [6.07, 6.45) is 2.21. The number of hydrogen-bond donors (Lipinski definition) is 0. The van der Waals surface area contributed by atoms with E-state index in [1.54, 1.807) is 0 Å². The van der Waals surface area contributed by atoms with Crippen molar-refractivity contribution in [3.63, 3.8) is 0 Å². The van der Waals surface area contributed by atoms with Crippen LogP contribution in [0.2, 0.25) is 0 Å². The molecule has 59 heavy (non-hydrogen) atoms. The average Bonchev–Trinajstić information content (AvgIpc) is 3.76. The number of hydrogen-bond acceptors (Lipinski definition) is 4. The molecule has 9 rings (SSSR count). The van der Waals surface area contributed by atoms with E-state index >= 15 is 0 Å². The first-order valence-corrected chi connectivity index (χ1v) is 20.5. The van der Waals surface area contributed by atoms with Crippen LogP contribution in [0.4, 0.5) is 11.4 Å². The van der Waals surface area contributed by atoms with Gasteiger partial charge in [-0.05, 0) is 87.8 Å². The second-order valence-electron chi connectivity index (χ2n) is 17.8. The molecule has 8 aromatic rings. The van der Waals surface area contributed by atoms with Gasteiger partial charge in [0, 0.05) is 63.7 Å². The summed E-state index contributed by atoms with van der Waals surface area (Å²) in [4.78, 5) is 8.75. The third-order valence-electron chi connectivity index (χ3n) is 12.1. The van der Waals surface area contributed by atoms with Gasteiger partial charge in [-0.25, -0.2) is 4.98 Å². The Morgan fingerprint density at radius 2 is 1.08 bits per heavy atom. The monoisotopic (exact) mass is 774 g/mol. The number of rotatable bonds is 9. The van der Waals surface area contributed by atoms with Crippen LogP contribution in [-0.2, 0) is 16.2 Å². The Balaban J connectivity index is 1.07. The summed E-state index contributed by atoms with van der Waals surface area (Å²) in [7, 11) is 0. The fraction of sp³-hybridized carbons (Fsp3) is 0.204. The van der Waals surface area contributed by atoms with Crippen LogP contribution in [0.5, 0.6) is 11.5 Å². The first-order chi connectivity index (χ1) is 29.2. The largest absolute Gasteiger partial charge is 0.457 e. The van der Waals surface area contributed by atoms with Gasteiger partial charge in [-0.3, -0.25) is 4.57 Å². The van der Waals surface area contributed by atoms with Gasteiger partial charge in [-0.2, -0.15) is 0 Å². The van der Waals surface area contributed by atoms with Crippen molar-refractivity contribution in [2.75, 3.05) is 16.5 Å². The quantitative estimate of drug-likeness (QED) is 0.146. The number of pyridine rings is 1. The van der Waals surface area contributed by atoms with E-state index in [1.807, 2.05) is 40.3 Å². The van der Waals surface area contributed by atoms with Crippen molar-refractivity contribution in [3.8, 4) is 17.3 Å². The van der Waals surface area contributed by atoms with E-state index in [0.717, 1.165) is 50.1 Å². The normalized spacial score (nSPS) is 14.3. The number of benzene rings is 6. The van der Waals surface area contributed by atoms with Crippen LogP contribution in [0.25, 0.3) is 27.6 Å². The molecule has 3 heterocycles. The van der Waals surface area contributed by atoms with Gasteiger partial charge in [0.1, 0.15) is 17.3 Å². The second kappa shape index (κ2) is 14.7. The molecular formula is C54H52N4O. The predicted octanol–water partition coefficient (Wildman–Crippen LogP) is 13.7. The van der Waals surface area contributed by atoms with Gasteiger partial charge in [-0.1, -0.05) is 139 Å². The Morgan fingerprint density at radius 1 is 0.492 bits per heavy atom. The minimum absolute atomic E-state index is 0.140. The van der Waals surface area contributed by atoms with Crippen molar-refractivity contribution < 1.29 is 7.48 Å². The fourth-order valence-electron chi connectivity index (χ4n) is 8.29. The lowest BCUT2D eigenvalue weighted by molar-refractivity contribution is 0.479. The highest BCUT2D eigenvalue weighted by atomic mass is 16.5. The average molecular weight is 775 g/mol. The molecule has 1 aliphatic rings. The Kier molecular flexibility index (Phi) is 8.83. The van der Waals surface area contributed by atoms with E-state index in [1.165, 1.54) is 16.7 Å². The van der Waals surface area contributed by atoms with Gasteiger partial charge in [0.25, 0.3) is 0 Å². The number of aromatic nitrogens is 2. The Morgan fingerprint density at radius 3 is 1.78 bits per heavy atom. The zero-order chi connectivity index (χ0) is 42.7. The van der Waals surface area contributed by atoms with Crippen molar-refractivity contribution >= 4 is 33.2 Å².